The minimum atomic E-state index is -0.0474. The van der Waals surface area contributed by atoms with Crippen molar-refractivity contribution in [1.82, 2.24) is 4.90 Å². The number of rotatable bonds is 3. The summed E-state index contributed by atoms with van der Waals surface area (Å²) in [6.45, 7) is 2.02. The van der Waals surface area contributed by atoms with Crippen LogP contribution in [0, 0.1) is 11.3 Å². The van der Waals surface area contributed by atoms with E-state index in [0.717, 1.165) is 19.5 Å². The number of anilines is 1. The molecule has 1 fully saturated rings. The Morgan fingerprint density at radius 3 is 2.78 bits per heavy atom. The van der Waals surface area contributed by atoms with Crippen molar-refractivity contribution in [3.05, 3.63) is 29.8 Å². The summed E-state index contributed by atoms with van der Waals surface area (Å²) in [5.41, 5.74) is 7.07. The molecule has 1 aromatic carbocycles. The third-order valence-electron chi connectivity index (χ3n) is 2.97. The minimum absolute atomic E-state index is 0.0474. The fourth-order valence-corrected chi connectivity index (χ4v) is 2.04. The molecule has 0 saturated carbocycles. The van der Waals surface area contributed by atoms with Crippen molar-refractivity contribution in [3.63, 3.8) is 0 Å². The maximum Gasteiger partial charge on any atom is 0.238 e. The molecule has 0 radical (unpaired) electrons. The van der Waals surface area contributed by atoms with Gasteiger partial charge in [0.2, 0.25) is 5.91 Å². The van der Waals surface area contributed by atoms with Gasteiger partial charge < -0.3 is 11.1 Å². The lowest BCUT2D eigenvalue weighted by molar-refractivity contribution is -0.117. The molecule has 0 aliphatic carbocycles. The molecule has 1 aromatic rings. The predicted molar refractivity (Wildman–Crippen MR) is 68.8 cm³/mol. The largest absolute Gasteiger partial charge is 0.326 e. The van der Waals surface area contributed by atoms with Crippen LogP contribution < -0.4 is 11.1 Å². The second kappa shape index (κ2) is 5.63. The lowest BCUT2D eigenvalue weighted by atomic mass is 10.2. The molecule has 1 atom stereocenters. The highest BCUT2D eigenvalue weighted by atomic mass is 16.2. The summed E-state index contributed by atoms with van der Waals surface area (Å²) in [6.07, 6.45) is 0.949. The van der Waals surface area contributed by atoms with Crippen LogP contribution >= 0.6 is 0 Å². The van der Waals surface area contributed by atoms with Crippen molar-refractivity contribution in [2.24, 2.45) is 5.73 Å². The second-order valence-corrected chi connectivity index (χ2v) is 4.52. The molecule has 94 valence electrons. The maximum absolute atomic E-state index is 11.8. The van der Waals surface area contributed by atoms with E-state index in [1.54, 1.807) is 24.3 Å². The fraction of sp³-hybridized carbons (Fsp3) is 0.385. The Morgan fingerprint density at radius 2 is 2.22 bits per heavy atom. The average molecular weight is 244 g/mol. The number of hydrogen-bond donors (Lipinski definition) is 2. The van der Waals surface area contributed by atoms with Crippen molar-refractivity contribution < 1.29 is 4.79 Å². The van der Waals surface area contributed by atoms with E-state index in [1.165, 1.54) is 0 Å². The zero-order valence-corrected chi connectivity index (χ0v) is 10.1. The van der Waals surface area contributed by atoms with Gasteiger partial charge in [0, 0.05) is 24.8 Å². The van der Waals surface area contributed by atoms with E-state index >= 15 is 0 Å². The minimum Gasteiger partial charge on any atom is -0.326 e. The number of amides is 1. The molecule has 1 heterocycles. The number of nitrogens with zero attached hydrogens (tertiary/aromatic N) is 2. The van der Waals surface area contributed by atoms with Crippen molar-refractivity contribution >= 4 is 11.6 Å². The van der Waals surface area contributed by atoms with Crippen LogP contribution in [0.5, 0.6) is 0 Å². The van der Waals surface area contributed by atoms with Gasteiger partial charge in [-0.05, 0) is 30.7 Å². The Hall–Kier alpha value is -1.90. The van der Waals surface area contributed by atoms with Gasteiger partial charge in [-0.2, -0.15) is 5.26 Å². The first-order valence-corrected chi connectivity index (χ1v) is 5.95. The van der Waals surface area contributed by atoms with E-state index in [-0.39, 0.29) is 11.9 Å². The van der Waals surface area contributed by atoms with Gasteiger partial charge in [-0.3, -0.25) is 9.69 Å². The molecule has 2 rings (SSSR count). The quantitative estimate of drug-likeness (QED) is 0.812. The molecule has 0 aromatic heterocycles. The third-order valence-corrected chi connectivity index (χ3v) is 2.97. The van der Waals surface area contributed by atoms with Gasteiger partial charge in [0.15, 0.2) is 0 Å². The van der Waals surface area contributed by atoms with Crippen LogP contribution in [0.1, 0.15) is 12.0 Å². The number of nitrogens with one attached hydrogen (secondary N) is 1. The number of likely N-dealkylation sites (tertiary alicyclic amines) is 1. The van der Waals surface area contributed by atoms with Crippen LogP contribution in [0.2, 0.25) is 0 Å². The predicted octanol–water partition coefficient (Wildman–Crippen LogP) is 0.530. The molecule has 1 saturated heterocycles. The van der Waals surface area contributed by atoms with Gasteiger partial charge in [-0.1, -0.05) is 0 Å². The summed E-state index contributed by atoms with van der Waals surface area (Å²) in [4.78, 5) is 13.8. The molecule has 0 bridgehead atoms. The summed E-state index contributed by atoms with van der Waals surface area (Å²) >= 11 is 0. The Labute approximate surface area is 106 Å². The Balaban J connectivity index is 1.85. The van der Waals surface area contributed by atoms with E-state index in [9.17, 15) is 4.79 Å². The number of benzene rings is 1. The molecule has 3 N–H and O–H groups in total. The van der Waals surface area contributed by atoms with Crippen molar-refractivity contribution in [2.45, 2.75) is 12.5 Å². The van der Waals surface area contributed by atoms with Gasteiger partial charge >= 0.3 is 0 Å². The lowest BCUT2D eigenvalue weighted by Gasteiger charge is -2.14. The zero-order valence-electron chi connectivity index (χ0n) is 10.1. The number of hydrogen-bond acceptors (Lipinski definition) is 4. The SMILES string of the molecule is N#Cc1ccc(NC(=O)CN2CC[C@@H](N)C2)cc1. The smallest absolute Gasteiger partial charge is 0.238 e. The highest BCUT2D eigenvalue weighted by Crippen LogP contribution is 2.10. The van der Waals surface area contributed by atoms with Crippen LogP contribution in [0.4, 0.5) is 5.69 Å². The van der Waals surface area contributed by atoms with Gasteiger partial charge in [0.25, 0.3) is 0 Å². The average Bonchev–Trinajstić information content (AvgIpc) is 2.75. The van der Waals surface area contributed by atoms with E-state index in [1.807, 2.05) is 11.0 Å². The van der Waals surface area contributed by atoms with Crippen LogP contribution in [0.15, 0.2) is 24.3 Å². The molecular formula is C13H16N4O. The van der Waals surface area contributed by atoms with Crippen LogP contribution in [0.25, 0.3) is 0 Å². The van der Waals surface area contributed by atoms with Crippen LogP contribution in [0.3, 0.4) is 0 Å². The van der Waals surface area contributed by atoms with E-state index in [2.05, 4.69) is 5.32 Å². The topological polar surface area (TPSA) is 82.2 Å². The summed E-state index contributed by atoms with van der Waals surface area (Å²) in [5.74, 6) is -0.0474. The van der Waals surface area contributed by atoms with Gasteiger partial charge in [-0.15, -0.1) is 0 Å². The molecule has 0 spiro atoms. The zero-order chi connectivity index (χ0) is 13.0. The van der Waals surface area contributed by atoms with Gasteiger partial charge in [0.1, 0.15) is 0 Å². The number of nitrogens with two attached hydrogens (primary N) is 1. The maximum atomic E-state index is 11.8. The van der Waals surface area contributed by atoms with E-state index in [4.69, 9.17) is 11.0 Å². The summed E-state index contributed by atoms with van der Waals surface area (Å²) < 4.78 is 0. The molecule has 0 unspecified atom stereocenters. The molecule has 1 aliphatic rings. The Bertz CT molecular complexity index is 463. The molecule has 18 heavy (non-hydrogen) atoms. The van der Waals surface area contributed by atoms with Crippen molar-refractivity contribution in [3.8, 4) is 6.07 Å². The number of carbonyl (C=O) groups excluding carboxylic acids is 1. The fourth-order valence-electron chi connectivity index (χ4n) is 2.04. The van der Waals surface area contributed by atoms with Gasteiger partial charge in [0.05, 0.1) is 18.2 Å². The molecule has 1 aliphatic heterocycles. The molecule has 5 heteroatoms. The molecule has 1 amide bonds. The monoisotopic (exact) mass is 244 g/mol. The second-order valence-electron chi connectivity index (χ2n) is 4.52. The first kappa shape index (κ1) is 12.6. The summed E-state index contributed by atoms with van der Waals surface area (Å²) in [7, 11) is 0. The number of carbonyl (C=O) groups is 1. The van der Waals surface area contributed by atoms with Gasteiger partial charge in [-0.25, -0.2) is 0 Å². The lowest BCUT2D eigenvalue weighted by Crippen LogP contribution is -2.33. The first-order valence-electron chi connectivity index (χ1n) is 5.95. The van der Waals surface area contributed by atoms with E-state index in [0.29, 0.717) is 17.8 Å². The highest BCUT2D eigenvalue weighted by molar-refractivity contribution is 5.92. The first-order chi connectivity index (χ1) is 8.67. The Morgan fingerprint density at radius 1 is 1.50 bits per heavy atom. The molecular weight excluding hydrogens is 228 g/mol. The number of nitriles is 1. The van der Waals surface area contributed by atoms with Crippen LogP contribution in [-0.2, 0) is 4.79 Å². The Kier molecular flexibility index (Phi) is 3.92. The van der Waals surface area contributed by atoms with E-state index < -0.39 is 0 Å². The van der Waals surface area contributed by atoms with Crippen molar-refractivity contribution in [1.29, 1.82) is 5.26 Å². The van der Waals surface area contributed by atoms with Crippen LogP contribution in [-0.4, -0.2) is 36.5 Å². The summed E-state index contributed by atoms with van der Waals surface area (Å²) in [6, 6.07) is 9.04. The standard InChI is InChI=1S/C13H16N4O/c14-7-10-1-3-12(4-2-10)16-13(18)9-17-6-5-11(15)8-17/h1-4,11H,5-6,8-9,15H2,(H,16,18)/t11-/m1/s1. The molecule has 5 nitrogen and oxygen atoms in total. The third kappa shape index (κ3) is 3.29. The van der Waals surface area contributed by atoms with Crippen molar-refractivity contribution in [2.75, 3.05) is 25.0 Å². The summed E-state index contributed by atoms with van der Waals surface area (Å²) in [5, 5.41) is 11.5. The normalized spacial score (nSPS) is 19.4. The highest BCUT2D eigenvalue weighted by Gasteiger charge is 2.20.